The van der Waals surface area contributed by atoms with Crippen LogP contribution in [-0.2, 0) is 26.8 Å². The zero-order valence-corrected chi connectivity index (χ0v) is 23.4. The maximum Gasteiger partial charge on any atom is 0.341 e. The Kier molecular flexibility index (Phi) is 7.29. The summed E-state index contributed by atoms with van der Waals surface area (Å²) in [6.07, 6.45) is 0. The Morgan fingerprint density at radius 1 is 0.900 bits per heavy atom. The van der Waals surface area contributed by atoms with E-state index < -0.39 is 28.0 Å². The van der Waals surface area contributed by atoms with Gasteiger partial charge in [0.2, 0.25) is 0 Å². The summed E-state index contributed by atoms with van der Waals surface area (Å²) in [6.45, 7) is 6.08. The molecule has 0 atom stereocenters. The van der Waals surface area contributed by atoms with E-state index in [0.717, 1.165) is 28.0 Å². The maximum absolute atomic E-state index is 13.7. The van der Waals surface area contributed by atoms with E-state index in [1.165, 1.54) is 22.5 Å². The second kappa shape index (κ2) is 10.7. The molecule has 4 aromatic rings. The van der Waals surface area contributed by atoms with Gasteiger partial charge in [0.15, 0.2) is 6.61 Å². The molecule has 4 aromatic carbocycles. The van der Waals surface area contributed by atoms with E-state index in [1.54, 1.807) is 6.92 Å². The molecule has 5 rings (SSSR count). The maximum atomic E-state index is 13.7. The van der Waals surface area contributed by atoms with Crippen LogP contribution in [-0.4, -0.2) is 32.6 Å². The van der Waals surface area contributed by atoms with E-state index in [2.05, 4.69) is 6.07 Å². The lowest BCUT2D eigenvalue weighted by Gasteiger charge is -2.22. The number of sulfonamides is 1. The standard InChI is InChI=1S/C32H31NO6S/c1-22-17-27(14-16-30(22)39-20-31(34)35)40(36,37)33-21-32(2,3)28-18-25(11-15-29(28)33)24-9-12-26(13-10-24)38-19-23-7-5-4-6-8-23/h4-18H,19-21H2,1-3H3,(H,34,35). The molecule has 206 valence electrons. The van der Waals surface area contributed by atoms with Crippen molar-refractivity contribution in [2.75, 3.05) is 17.5 Å². The summed E-state index contributed by atoms with van der Waals surface area (Å²) in [5, 5.41) is 8.87. The van der Waals surface area contributed by atoms with Gasteiger partial charge < -0.3 is 14.6 Å². The van der Waals surface area contributed by atoms with Gasteiger partial charge in [-0.3, -0.25) is 4.31 Å². The number of anilines is 1. The van der Waals surface area contributed by atoms with E-state index in [4.69, 9.17) is 14.6 Å². The molecule has 0 bridgehead atoms. The third kappa shape index (κ3) is 5.53. The van der Waals surface area contributed by atoms with Crippen LogP contribution in [0.4, 0.5) is 5.69 Å². The lowest BCUT2D eigenvalue weighted by Crippen LogP contribution is -2.34. The first-order valence-electron chi connectivity index (χ1n) is 12.9. The molecule has 0 radical (unpaired) electrons. The van der Waals surface area contributed by atoms with Crippen molar-refractivity contribution in [1.29, 1.82) is 0 Å². The van der Waals surface area contributed by atoms with Gasteiger partial charge in [-0.1, -0.05) is 62.4 Å². The quantitative estimate of drug-likeness (QED) is 0.264. The van der Waals surface area contributed by atoms with Crippen LogP contribution in [0.3, 0.4) is 0 Å². The van der Waals surface area contributed by atoms with Crippen molar-refractivity contribution in [2.45, 2.75) is 37.7 Å². The van der Waals surface area contributed by atoms with Crippen LogP contribution in [0.1, 0.15) is 30.5 Å². The van der Waals surface area contributed by atoms with Gasteiger partial charge in [-0.25, -0.2) is 13.2 Å². The fourth-order valence-electron chi connectivity index (χ4n) is 4.91. The summed E-state index contributed by atoms with van der Waals surface area (Å²) in [5.74, 6) is 0.0179. The molecule has 0 unspecified atom stereocenters. The van der Waals surface area contributed by atoms with E-state index in [-0.39, 0.29) is 4.90 Å². The highest BCUT2D eigenvalue weighted by molar-refractivity contribution is 7.92. The van der Waals surface area contributed by atoms with Crippen molar-refractivity contribution in [1.82, 2.24) is 0 Å². The third-order valence-corrected chi connectivity index (χ3v) is 8.81. The number of benzene rings is 4. The first kappa shape index (κ1) is 27.3. The summed E-state index contributed by atoms with van der Waals surface area (Å²) in [6, 6.07) is 28.3. The average molecular weight is 558 g/mol. The van der Waals surface area contributed by atoms with Crippen molar-refractivity contribution in [3.8, 4) is 22.6 Å². The third-order valence-electron chi connectivity index (χ3n) is 7.05. The Balaban J connectivity index is 1.38. The van der Waals surface area contributed by atoms with E-state index in [9.17, 15) is 13.2 Å². The molecule has 0 aliphatic carbocycles. The Morgan fingerprint density at radius 2 is 1.60 bits per heavy atom. The van der Waals surface area contributed by atoms with Crippen LogP contribution in [0.2, 0.25) is 0 Å². The predicted molar refractivity (Wildman–Crippen MR) is 155 cm³/mol. The normalized spacial score (nSPS) is 14.0. The van der Waals surface area contributed by atoms with Crippen LogP contribution in [0.5, 0.6) is 11.5 Å². The lowest BCUT2D eigenvalue weighted by molar-refractivity contribution is -0.139. The molecule has 8 heteroatoms. The van der Waals surface area contributed by atoms with Crippen LogP contribution in [0.25, 0.3) is 11.1 Å². The molecule has 1 heterocycles. The van der Waals surface area contributed by atoms with Gasteiger partial charge >= 0.3 is 5.97 Å². The van der Waals surface area contributed by atoms with Gasteiger partial charge in [0, 0.05) is 12.0 Å². The average Bonchev–Trinajstić information content (AvgIpc) is 3.22. The number of aryl methyl sites for hydroxylation is 1. The smallest absolute Gasteiger partial charge is 0.341 e. The molecule has 0 saturated carbocycles. The number of fused-ring (bicyclic) bond motifs is 1. The van der Waals surface area contributed by atoms with Crippen LogP contribution in [0.15, 0.2) is 95.9 Å². The monoisotopic (exact) mass is 557 g/mol. The zero-order chi connectivity index (χ0) is 28.5. The number of carboxylic acid groups (broad SMARTS) is 1. The topological polar surface area (TPSA) is 93.1 Å². The minimum atomic E-state index is -3.86. The Hall–Kier alpha value is -4.30. The van der Waals surface area contributed by atoms with Gasteiger partial charge in [0.1, 0.15) is 18.1 Å². The van der Waals surface area contributed by atoms with Gasteiger partial charge in [0.05, 0.1) is 10.6 Å². The number of carbonyl (C=O) groups is 1. The van der Waals surface area contributed by atoms with E-state index in [1.807, 2.05) is 80.6 Å². The highest BCUT2D eigenvalue weighted by atomic mass is 32.2. The molecule has 1 aliphatic rings. The summed E-state index contributed by atoms with van der Waals surface area (Å²) in [4.78, 5) is 11.0. The molecule has 1 aliphatic heterocycles. The molecule has 40 heavy (non-hydrogen) atoms. The van der Waals surface area contributed by atoms with Crippen molar-refractivity contribution in [2.24, 2.45) is 0 Å². The molecule has 0 fully saturated rings. The van der Waals surface area contributed by atoms with Crippen molar-refractivity contribution in [3.63, 3.8) is 0 Å². The summed E-state index contributed by atoms with van der Waals surface area (Å²) >= 11 is 0. The first-order valence-corrected chi connectivity index (χ1v) is 14.4. The second-order valence-corrected chi connectivity index (χ2v) is 12.4. The Labute approximate surface area is 234 Å². The largest absolute Gasteiger partial charge is 0.489 e. The zero-order valence-electron chi connectivity index (χ0n) is 22.6. The molecule has 1 N–H and O–H groups in total. The number of nitrogens with zero attached hydrogens (tertiary/aromatic N) is 1. The fourth-order valence-corrected chi connectivity index (χ4v) is 6.65. The van der Waals surface area contributed by atoms with Gasteiger partial charge in [-0.15, -0.1) is 0 Å². The van der Waals surface area contributed by atoms with E-state index >= 15 is 0 Å². The van der Waals surface area contributed by atoms with Crippen molar-refractivity contribution >= 4 is 21.7 Å². The fraction of sp³-hybridized carbons (Fsp3) is 0.219. The molecule has 0 amide bonds. The van der Waals surface area contributed by atoms with E-state index in [0.29, 0.717) is 30.2 Å². The minimum Gasteiger partial charge on any atom is -0.489 e. The molecule has 0 spiro atoms. The molecule has 0 aromatic heterocycles. The Morgan fingerprint density at radius 3 is 2.27 bits per heavy atom. The number of carboxylic acids is 1. The summed E-state index contributed by atoms with van der Waals surface area (Å²) < 4.78 is 40.1. The lowest BCUT2D eigenvalue weighted by atomic mass is 9.85. The summed E-state index contributed by atoms with van der Waals surface area (Å²) in [7, 11) is -3.86. The molecule has 7 nitrogen and oxygen atoms in total. The van der Waals surface area contributed by atoms with Gasteiger partial charge in [-0.05, 0) is 77.2 Å². The number of rotatable bonds is 9. The molecule has 0 saturated heterocycles. The predicted octanol–water partition coefficient (Wildman–Crippen LogP) is 6.19. The van der Waals surface area contributed by atoms with Crippen LogP contribution < -0.4 is 13.8 Å². The summed E-state index contributed by atoms with van der Waals surface area (Å²) in [5.41, 5.74) is 4.86. The highest BCUT2D eigenvalue weighted by Crippen LogP contribution is 2.45. The number of hydrogen-bond donors (Lipinski definition) is 1. The number of hydrogen-bond acceptors (Lipinski definition) is 5. The number of aliphatic carboxylic acids is 1. The Bertz CT molecular complexity index is 1650. The SMILES string of the molecule is Cc1cc(S(=O)(=O)N2CC(C)(C)c3cc(-c4ccc(OCc5ccccc5)cc4)ccc32)ccc1OCC(=O)O. The van der Waals surface area contributed by atoms with Crippen molar-refractivity contribution < 1.29 is 27.8 Å². The minimum absolute atomic E-state index is 0.131. The first-order chi connectivity index (χ1) is 19.0. The van der Waals surface area contributed by atoms with Gasteiger partial charge in [-0.2, -0.15) is 0 Å². The molecular formula is C32H31NO6S. The van der Waals surface area contributed by atoms with Gasteiger partial charge in [0.25, 0.3) is 10.0 Å². The van der Waals surface area contributed by atoms with Crippen LogP contribution in [0, 0.1) is 6.92 Å². The molecular weight excluding hydrogens is 526 g/mol. The van der Waals surface area contributed by atoms with Crippen LogP contribution >= 0.6 is 0 Å². The number of ether oxygens (including phenoxy) is 2. The highest BCUT2D eigenvalue weighted by Gasteiger charge is 2.41. The van der Waals surface area contributed by atoms with Crippen molar-refractivity contribution in [3.05, 3.63) is 108 Å². The second-order valence-electron chi connectivity index (χ2n) is 10.5.